The molecule has 0 aliphatic rings. The van der Waals surface area contributed by atoms with Gasteiger partial charge in [0.15, 0.2) is 0 Å². The summed E-state index contributed by atoms with van der Waals surface area (Å²) < 4.78 is 0. The van der Waals surface area contributed by atoms with Crippen LogP contribution in [0.5, 0.6) is 0 Å². The fraction of sp³-hybridized carbons (Fsp3) is 0.385. The molecule has 76 valence electrons. The zero-order valence-corrected chi connectivity index (χ0v) is 9.54. The van der Waals surface area contributed by atoms with Gasteiger partial charge in [-0.05, 0) is 39.1 Å². The minimum absolute atomic E-state index is 0.0464. The van der Waals surface area contributed by atoms with Gasteiger partial charge in [-0.15, -0.1) is 0 Å². The van der Waals surface area contributed by atoms with Crippen LogP contribution in [0.4, 0.5) is 0 Å². The topological polar surface area (TPSA) is 3.24 Å². The Kier molecular flexibility index (Phi) is 3.12. The molecule has 0 radical (unpaired) electrons. The van der Waals surface area contributed by atoms with Crippen molar-refractivity contribution in [1.82, 2.24) is 4.90 Å². The van der Waals surface area contributed by atoms with Crippen molar-refractivity contribution in [3.8, 4) is 0 Å². The van der Waals surface area contributed by atoms with Gasteiger partial charge in [0.2, 0.25) is 0 Å². The predicted octanol–water partition coefficient (Wildman–Crippen LogP) is 3.13. The molecule has 0 fully saturated rings. The third-order valence-electron chi connectivity index (χ3n) is 2.96. The maximum absolute atomic E-state index is 3.85. The van der Waals surface area contributed by atoms with Gasteiger partial charge in [-0.25, -0.2) is 0 Å². The van der Waals surface area contributed by atoms with Crippen LogP contribution in [0.15, 0.2) is 30.8 Å². The summed E-state index contributed by atoms with van der Waals surface area (Å²) in [5, 5.41) is 0. The van der Waals surface area contributed by atoms with Crippen LogP contribution in [-0.4, -0.2) is 19.0 Å². The van der Waals surface area contributed by atoms with E-state index >= 15 is 0 Å². The SMILES string of the molecule is C=Cc1ccccc1C(C)(C)N(C)C. The minimum atomic E-state index is 0.0464. The van der Waals surface area contributed by atoms with E-state index in [9.17, 15) is 0 Å². The van der Waals surface area contributed by atoms with E-state index in [4.69, 9.17) is 0 Å². The third-order valence-corrected chi connectivity index (χ3v) is 2.96. The molecule has 0 spiro atoms. The standard InChI is InChI=1S/C13H19N/c1-6-11-9-7-8-10-12(11)13(2,3)14(4)5/h6-10H,1H2,2-5H3. The maximum Gasteiger partial charge on any atom is 0.0404 e. The summed E-state index contributed by atoms with van der Waals surface area (Å²) in [5.74, 6) is 0. The highest BCUT2D eigenvalue weighted by Crippen LogP contribution is 2.28. The summed E-state index contributed by atoms with van der Waals surface area (Å²) in [6.45, 7) is 8.28. The summed E-state index contributed by atoms with van der Waals surface area (Å²) in [7, 11) is 4.19. The van der Waals surface area contributed by atoms with E-state index in [0.29, 0.717) is 0 Å². The Hall–Kier alpha value is -1.08. The van der Waals surface area contributed by atoms with Crippen LogP contribution in [0, 0.1) is 0 Å². The molecule has 1 nitrogen and oxygen atoms in total. The zero-order valence-electron chi connectivity index (χ0n) is 9.54. The molecule has 1 rings (SSSR count). The molecule has 0 atom stereocenters. The molecule has 0 amide bonds. The van der Waals surface area contributed by atoms with Crippen molar-refractivity contribution >= 4 is 6.08 Å². The normalized spacial score (nSPS) is 11.8. The van der Waals surface area contributed by atoms with Crippen LogP contribution in [0.1, 0.15) is 25.0 Å². The number of rotatable bonds is 3. The van der Waals surface area contributed by atoms with E-state index in [0.717, 1.165) is 0 Å². The fourth-order valence-electron chi connectivity index (χ4n) is 1.47. The molecule has 0 saturated heterocycles. The van der Waals surface area contributed by atoms with Gasteiger partial charge in [0.1, 0.15) is 0 Å². The molecule has 1 heteroatoms. The van der Waals surface area contributed by atoms with Crippen LogP contribution in [-0.2, 0) is 5.54 Å². The largest absolute Gasteiger partial charge is 0.300 e. The summed E-state index contributed by atoms with van der Waals surface area (Å²) in [6, 6.07) is 8.39. The lowest BCUT2D eigenvalue weighted by atomic mass is 9.89. The molecule has 14 heavy (non-hydrogen) atoms. The van der Waals surface area contributed by atoms with E-state index in [2.05, 4.69) is 57.6 Å². The van der Waals surface area contributed by atoms with Gasteiger partial charge >= 0.3 is 0 Å². The van der Waals surface area contributed by atoms with Crippen LogP contribution in [0.25, 0.3) is 6.08 Å². The Bertz CT molecular complexity index is 324. The molecule has 0 heterocycles. The Morgan fingerprint density at radius 1 is 1.21 bits per heavy atom. The van der Waals surface area contributed by atoms with Crippen LogP contribution in [0.3, 0.4) is 0 Å². The van der Waals surface area contributed by atoms with Crippen molar-refractivity contribution in [1.29, 1.82) is 0 Å². The maximum atomic E-state index is 3.85. The Balaban J connectivity index is 3.24. The van der Waals surface area contributed by atoms with E-state index in [-0.39, 0.29) is 5.54 Å². The van der Waals surface area contributed by atoms with Crippen LogP contribution >= 0.6 is 0 Å². The van der Waals surface area contributed by atoms with E-state index in [1.54, 1.807) is 0 Å². The molecule has 0 saturated carbocycles. The lowest BCUT2D eigenvalue weighted by Gasteiger charge is -2.34. The molecule has 0 aliphatic heterocycles. The molecule has 0 aromatic heterocycles. The second-order valence-electron chi connectivity index (χ2n) is 4.24. The van der Waals surface area contributed by atoms with Gasteiger partial charge < -0.3 is 4.90 Å². The first-order chi connectivity index (χ1) is 6.50. The second kappa shape index (κ2) is 3.97. The minimum Gasteiger partial charge on any atom is -0.300 e. The highest BCUT2D eigenvalue weighted by atomic mass is 15.1. The first-order valence-corrected chi connectivity index (χ1v) is 4.89. The highest BCUT2D eigenvalue weighted by Gasteiger charge is 2.24. The van der Waals surface area contributed by atoms with Crippen LogP contribution in [0.2, 0.25) is 0 Å². The van der Waals surface area contributed by atoms with Crippen molar-refractivity contribution in [2.24, 2.45) is 0 Å². The number of benzene rings is 1. The van der Waals surface area contributed by atoms with Gasteiger partial charge in [0.05, 0.1) is 0 Å². The smallest absolute Gasteiger partial charge is 0.0404 e. The summed E-state index contributed by atoms with van der Waals surface area (Å²) in [4.78, 5) is 2.22. The van der Waals surface area contributed by atoms with Crippen molar-refractivity contribution in [2.45, 2.75) is 19.4 Å². The van der Waals surface area contributed by atoms with Crippen molar-refractivity contribution in [2.75, 3.05) is 14.1 Å². The molecular weight excluding hydrogens is 170 g/mol. The summed E-state index contributed by atoms with van der Waals surface area (Å²) in [6.07, 6.45) is 1.92. The summed E-state index contributed by atoms with van der Waals surface area (Å²) >= 11 is 0. The highest BCUT2D eigenvalue weighted by molar-refractivity contribution is 5.53. The van der Waals surface area contributed by atoms with Gasteiger partial charge in [0.25, 0.3) is 0 Å². The molecule has 0 N–H and O–H groups in total. The Morgan fingerprint density at radius 2 is 1.79 bits per heavy atom. The molecule has 1 aromatic carbocycles. The van der Waals surface area contributed by atoms with Gasteiger partial charge in [-0.1, -0.05) is 36.9 Å². The number of nitrogens with zero attached hydrogens (tertiary/aromatic N) is 1. The molecule has 0 unspecified atom stereocenters. The van der Waals surface area contributed by atoms with Crippen molar-refractivity contribution < 1.29 is 0 Å². The Labute approximate surface area is 87.1 Å². The van der Waals surface area contributed by atoms with Crippen molar-refractivity contribution in [3.63, 3.8) is 0 Å². The second-order valence-corrected chi connectivity index (χ2v) is 4.24. The van der Waals surface area contributed by atoms with Crippen molar-refractivity contribution in [3.05, 3.63) is 42.0 Å². The number of hydrogen-bond acceptors (Lipinski definition) is 1. The van der Waals surface area contributed by atoms with Gasteiger partial charge in [0, 0.05) is 5.54 Å². The zero-order chi connectivity index (χ0) is 10.8. The first-order valence-electron chi connectivity index (χ1n) is 4.89. The quantitative estimate of drug-likeness (QED) is 0.706. The lowest BCUT2D eigenvalue weighted by molar-refractivity contribution is 0.197. The van der Waals surface area contributed by atoms with E-state index in [1.807, 2.05) is 12.1 Å². The summed E-state index contributed by atoms with van der Waals surface area (Å²) in [5.41, 5.74) is 2.58. The lowest BCUT2D eigenvalue weighted by Crippen LogP contribution is -2.35. The fourth-order valence-corrected chi connectivity index (χ4v) is 1.47. The van der Waals surface area contributed by atoms with Crippen LogP contribution < -0.4 is 0 Å². The molecule has 0 bridgehead atoms. The van der Waals surface area contributed by atoms with E-state index < -0.39 is 0 Å². The van der Waals surface area contributed by atoms with Gasteiger partial charge in [-0.2, -0.15) is 0 Å². The van der Waals surface area contributed by atoms with Gasteiger partial charge in [-0.3, -0.25) is 0 Å². The Morgan fingerprint density at radius 3 is 2.29 bits per heavy atom. The number of hydrogen-bond donors (Lipinski definition) is 0. The first kappa shape index (κ1) is 11.0. The molecule has 0 aliphatic carbocycles. The average molecular weight is 189 g/mol. The van der Waals surface area contributed by atoms with E-state index in [1.165, 1.54) is 11.1 Å². The monoisotopic (exact) mass is 189 g/mol. The third kappa shape index (κ3) is 1.88. The molecular formula is C13H19N. The predicted molar refractivity (Wildman–Crippen MR) is 63.2 cm³/mol. The molecule has 1 aromatic rings. The average Bonchev–Trinajstić information content (AvgIpc) is 2.17.